The van der Waals surface area contributed by atoms with Gasteiger partial charge in [0.25, 0.3) is 5.56 Å². The molecule has 0 radical (unpaired) electrons. The quantitative estimate of drug-likeness (QED) is 0.772. The fourth-order valence-electron chi connectivity index (χ4n) is 2.79. The molecular formula is C18H17F2N3O3. The van der Waals surface area contributed by atoms with E-state index in [1.807, 2.05) is 0 Å². The van der Waals surface area contributed by atoms with Gasteiger partial charge in [0, 0.05) is 11.6 Å². The summed E-state index contributed by atoms with van der Waals surface area (Å²) in [6.07, 6.45) is 1.48. The first kappa shape index (κ1) is 17.8. The molecule has 0 fully saturated rings. The number of nitrogens with one attached hydrogen (secondary N) is 1. The number of amides is 1. The van der Waals surface area contributed by atoms with Gasteiger partial charge in [0.15, 0.2) is 0 Å². The molecule has 2 heterocycles. The molecule has 0 saturated carbocycles. The molecule has 0 saturated heterocycles. The highest BCUT2D eigenvalue weighted by atomic mass is 19.1. The Morgan fingerprint density at radius 2 is 2.08 bits per heavy atom. The summed E-state index contributed by atoms with van der Waals surface area (Å²) in [5.74, 6) is -1.52. The number of furan rings is 1. The number of hydrogen-bond acceptors (Lipinski definition) is 4. The number of nitrogens with zero attached hydrogens (tertiary/aromatic N) is 2. The van der Waals surface area contributed by atoms with Crippen molar-refractivity contribution < 1.29 is 18.0 Å². The molecule has 3 rings (SSSR count). The molecule has 0 aliphatic rings. The molecule has 0 spiro atoms. The van der Waals surface area contributed by atoms with Gasteiger partial charge < -0.3 is 9.73 Å². The molecule has 136 valence electrons. The Hall–Kier alpha value is -3.03. The minimum atomic E-state index is -0.934. The second-order valence-corrected chi connectivity index (χ2v) is 5.96. The summed E-state index contributed by atoms with van der Waals surface area (Å²) in [6.45, 7) is 5.16. The summed E-state index contributed by atoms with van der Waals surface area (Å²) < 4.78 is 33.7. The summed E-state index contributed by atoms with van der Waals surface area (Å²) >= 11 is 0. The van der Waals surface area contributed by atoms with Crippen LogP contribution in [0.5, 0.6) is 0 Å². The minimum Gasteiger partial charge on any atom is -0.443 e. The van der Waals surface area contributed by atoms with Gasteiger partial charge in [-0.1, -0.05) is 6.92 Å². The van der Waals surface area contributed by atoms with Crippen molar-refractivity contribution in [2.75, 3.05) is 5.32 Å². The van der Waals surface area contributed by atoms with E-state index in [0.29, 0.717) is 16.7 Å². The van der Waals surface area contributed by atoms with Gasteiger partial charge in [-0.2, -0.15) is 0 Å². The van der Waals surface area contributed by atoms with E-state index in [-0.39, 0.29) is 17.8 Å². The summed E-state index contributed by atoms with van der Waals surface area (Å²) in [7, 11) is 0. The predicted molar refractivity (Wildman–Crippen MR) is 92.1 cm³/mol. The van der Waals surface area contributed by atoms with Gasteiger partial charge in [-0.05, 0) is 32.4 Å². The molecule has 8 heteroatoms. The average molecular weight is 361 g/mol. The highest BCUT2D eigenvalue weighted by molar-refractivity contribution is 5.94. The van der Waals surface area contributed by atoms with Crippen molar-refractivity contribution >= 4 is 22.7 Å². The first-order valence-corrected chi connectivity index (χ1v) is 8.06. The van der Waals surface area contributed by atoms with Crippen LogP contribution >= 0.6 is 0 Å². The maximum absolute atomic E-state index is 13.8. The van der Waals surface area contributed by atoms with Crippen LogP contribution in [0, 0.1) is 25.5 Å². The van der Waals surface area contributed by atoms with Crippen LogP contribution in [0.1, 0.15) is 30.7 Å². The van der Waals surface area contributed by atoms with Gasteiger partial charge in [0.2, 0.25) is 11.6 Å². The van der Waals surface area contributed by atoms with E-state index in [9.17, 15) is 18.4 Å². The van der Waals surface area contributed by atoms with Gasteiger partial charge in [0.1, 0.15) is 35.2 Å². The van der Waals surface area contributed by atoms with Crippen LogP contribution in [0.4, 0.5) is 14.5 Å². The monoisotopic (exact) mass is 361 g/mol. The van der Waals surface area contributed by atoms with Gasteiger partial charge in [-0.15, -0.1) is 0 Å². The Balaban J connectivity index is 2.01. The topological polar surface area (TPSA) is 77.1 Å². The van der Waals surface area contributed by atoms with Crippen LogP contribution in [0.15, 0.2) is 33.7 Å². The third-order valence-electron chi connectivity index (χ3n) is 4.33. The molecule has 1 amide bonds. The van der Waals surface area contributed by atoms with Crippen LogP contribution in [0.25, 0.3) is 11.1 Å². The Morgan fingerprint density at radius 1 is 1.35 bits per heavy atom. The highest BCUT2D eigenvalue weighted by Crippen LogP contribution is 2.22. The molecule has 1 aromatic carbocycles. The molecule has 0 bridgehead atoms. The molecule has 0 aliphatic carbocycles. The van der Waals surface area contributed by atoms with E-state index in [0.717, 1.165) is 18.2 Å². The third kappa shape index (κ3) is 2.98. The lowest BCUT2D eigenvalue weighted by Gasteiger charge is -2.17. The van der Waals surface area contributed by atoms with Crippen molar-refractivity contribution in [3.63, 3.8) is 0 Å². The number of halogens is 2. The number of fused-ring (bicyclic) bond motifs is 1. The second kappa shape index (κ2) is 6.70. The number of benzene rings is 1. The number of aryl methyl sites for hydroxylation is 2. The van der Waals surface area contributed by atoms with E-state index >= 15 is 0 Å². The second-order valence-electron chi connectivity index (χ2n) is 5.96. The zero-order valence-corrected chi connectivity index (χ0v) is 14.5. The average Bonchev–Trinajstić information content (AvgIpc) is 2.89. The number of rotatable bonds is 4. The van der Waals surface area contributed by atoms with Crippen molar-refractivity contribution in [2.24, 2.45) is 0 Å². The van der Waals surface area contributed by atoms with Crippen molar-refractivity contribution in [3.8, 4) is 0 Å². The smallest absolute Gasteiger partial charge is 0.265 e. The van der Waals surface area contributed by atoms with Crippen LogP contribution in [-0.2, 0) is 4.79 Å². The highest BCUT2D eigenvalue weighted by Gasteiger charge is 2.24. The predicted octanol–water partition coefficient (Wildman–Crippen LogP) is 3.47. The molecule has 3 aromatic rings. The lowest BCUT2D eigenvalue weighted by atomic mass is 10.1. The van der Waals surface area contributed by atoms with E-state index < -0.39 is 29.1 Å². The number of anilines is 1. The number of aromatic nitrogens is 2. The molecule has 1 atom stereocenters. The fourth-order valence-corrected chi connectivity index (χ4v) is 2.79. The molecule has 0 unspecified atom stereocenters. The number of carbonyl (C=O) groups is 1. The van der Waals surface area contributed by atoms with Crippen molar-refractivity contribution in [2.45, 2.75) is 33.2 Å². The number of hydrogen-bond donors (Lipinski definition) is 1. The van der Waals surface area contributed by atoms with Gasteiger partial charge in [-0.25, -0.2) is 13.8 Å². The van der Waals surface area contributed by atoms with Crippen LogP contribution < -0.4 is 10.9 Å². The largest absolute Gasteiger partial charge is 0.443 e. The fraction of sp³-hybridized carbons (Fsp3) is 0.278. The molecular weight excluding hydrogens is 344 g/mol. The van der Waals surface area contributed by atoms with Gasteiger partial charge in [-0.3, -0.25) is 14.2 Å². The number of carbonyl (C=O) groups excluding carboxylic acids is 1. The summed E-state index contributed by atoms with van der Waals surface area (Å²) in [4.78, 5) is 29.5. The Bertz CT molecular complexity index is 1060. The van der Waals surface area contributed by atoms with E-state index in [2.05, 4.69) is 10.3 Å². The van der Waals surface area contributed by atoms with Crippen molar-refractivity contribution in [1.29, 1.82) is 0 Å². The van der Waals surface area contributed by atoms with Crippen LogP contribution in [-0.4, -0.2) is 15.5 Å². The van der Waals surface area contributed by atoms with Gasteiger partial charge in [0.05, 0.1) is 5.69 Å². The maximum Gasteiger partial charge on any atom is 0.265 e. The lowest BCUT2D eigenvalue weighted by Crippen LogP contribution is -2.33. The Kier molecular flexibility index (Phi) is 4.58. The molecule has 26 heavy (non-hydrogen) atoms. The SMILES string of the molecule is CC[C@H](C(=O)Nc1cc(F)ccc1F)n1cnc2oc(C)c(C)c2c1=O. The molecule has 2 aromatic heterocycles. The van der Waals surface area contributed by atoms with Crippen molar-refractivity contribution in [1.82, 2.24) is 9.55 Å². The molecule has 1 N–H and O–H groups in total. The summed E-state index contributed by atoms with van der Waals surface area (Å²) in [5.41, 5.74) is 0.142. The summed E-state index contributed by atoms with van der Waals surface area (Å²) in [6, 6.07) is 1.82. The third-order valence-corrected chi connectivity index (χ3v) is 4.33. The van der Waals surface area contributed by atoms with Crippen LogP contribution in [0.2, 0.25) is 0 Å². The standard InChI is InChI=1S/C18H17F2N3O3/c1-4-14(16(24)22-13-7-11(19)5-6-12(13)20)23-8-21-17-15(18(23)25)9(2)10(3)26-17/h5-8,14H,4H2,1-3H3,(H,22,24)/t14-/m1/s1. The van der Waals surface area contributed by atoms with E-state index in [4.69, 9.17) is 4.42 Å². The van der Waals surface area contributed by atoms with Crippen LogP contribution in [0.3, 0.4) is 0 Å². The lowest BCUT2D eigenvalue weighted by molar-refractivity contribution is -0.119. The Morgan fingerprint density at radius 3 is 2.77 bits per heavy atom. The summed E-state index contributed by atoms with van der Waals surface area (Å²) in [5, 5.41) is 2.63. The van der Waals surface area contributed by atoms with Crippen molar-refractivity contribution in [3.05, 3.63) is 57.8 Å². The maximum atomic E-state index is 13.8. The first-order valence-electron chi connectivity index (χ1n) is 8.06. The Labute approximate surface area is 147 Å². The molecule has 6 nitrogen and oxygen atoms in total. The first-order chi connectivity index (χ1) is 12.3. The molecule has 0 aliphatic heterocycles. The van der Waals surface area contributed by atoms with E-state index in [1.165, 1.54) is 10.9 Å². The normalized spacial score (nSPS) is 12.3. The van der Waals surface area contributed by atoms with E-state index in [1.54, 1.807) is 20.8 Å². The minimum absolute atomic E-state index is 0.202. The zero-order valence-electron chi connectivity index (χ0n) is 14.5. The zero-order chi connectivity index (χ0) is 19.0. The van der Waals surface area contributed by atoms with Gasteiger partial charge >= 0.3 is 0 Å².